The maximum atomic E-state index is 13.3. The molecule has 14 heteroatoms. The number of nitrogens with one attached hydrogen (secondary N) is 2. The molecule has 2 N–H and O–H groups in total. The van der Waals surface area contributed by atoms with Crippen LogP contribution in [-0.2, 0) is 22.9 Å². The lowest BCUT2D eigenvalue weighted by Crippen LogP contribution is -2.36. The first-order valence-electron chi connectivity index (χ1n) is 11.8. The van der Waals surface area contributed by atoms with E-state index < -0.39 is 39.7 Å². The number of sulfone groups is 1. The average Bonchev–Trinajstić information content (AvgIpc) is 3.29. The van der Waals surface area contributed by atoms with Crippen molar-refractivity contribution in [3.63, 3.8) is 0 Å². The van der Waals surface area contributed by atoms with E-state index in [1.807, 2.05) is 11.9 Å². The van der Waals surface area contributed by atoms with E-state index in [1.54, 1.807) is 0 Å². The summed E-state index contributed by atoms with van der Waals surface area (Å²) in [6.07, 6.45) is -4.19. The van der Waals surface area contributed by atoms with Crippen molar-refractivity contribution in [2.24, 2.45) is 0 Å². The van der Waals surface area contributed by atoms with E-state index in [9.17, 15) is 31.2 Å². The van der Waals surface area contributed by atoms with Crippen molar-refractivity contribution in [3.8, 4) is 5.75 Å². The minimum Gasteiger partial charge on any atom is -0.405 e. The number of likely N-dealkylation sites (N-methyl/N-ethyl adjacent to an activating group) is 1. The predicted molar refractivity (Wildman–Crippen MR) is 137 cm³/mol. The van der Waals surface area contributed by atoms with Gasteiger partial charge in [-0.1, -0.05) is 18.5 Å². The monoisotopic (exact) mass is 574 g/mol. The number of hydrogen-bond acceptors (Lipinski definition) is 7. The summed E-state index contributed by atoms with van der Waals surface area (Å²) in [5.74, 6) is -0.775. The van der Waals surface area contributed by atoms with Crippen LogP contribution in [0.3, 0.4) is 0 Å². The van der Waals surface area contributed by atoms with E-state index >= 15 is 0 Å². The van der Waals surface area contributed by atoms with E-state index in [0.717, 1.165) is 17.1 Å². The first-order chi connectivity index (χ1) is 17.8. The molecule has 1 aliphatic rings. The smallest absolute Gasteiger partial charge is 0.405 e. The van der Waals surface area contributed by atoms with E-state index in [-0.39, 0.29) is 50.3 Å². The van der Waals surface area contributed by atoms with Crippen molar-refractivity contribution in [1.82, 2.24) is 19.8 Å². The van der Waals surface area contributed by atoms with Crippen LogP contribution in [0.2, 0.25) is 5.02 Å². The van der Waals surface area contributed by atoms with Crippen LogP contribution in [0.4, 0.5) is 13.2 Å². The molecule has 1 fully saturated rings. The van der Waals surface area contributed by atoms with Crippen LogP contribution in [-0.4, -0.2) is 61.2 Å². The fourth-order valence-electron chi connectivity index (χ4n) is 4.57. The number of benzene rings is 2. The predicted octanol–water partition coefficient (Wildman–Crippen LogP) is 2.88. The van der Waals surface area contributed by atoms with Gasteiger partial charge in [0.15, 0.2) is 9.84 Å². The molecule has 0 radical (unpaired) electrons. The molecular weight excluding hydrogens is 549 g/mol. The van der Waals surface area contributed by atoms with Crippen molar-refractivity contribution in [1.29, 1.82) is 0 Å². The van der Waals surface area contributed by atoms with Gasteiger partial charge in [0.1, 0.15) is 5.75 Å². The lowest BCUT2D eigenvalue weighted by Gasteiger charge is -2.20. The van der Waals surface area contributed by atoms with Crippen LogP contribution in [0.15, 0.2) is 44.8 Å². The summed E-state index contributed by atoms with van der Waals surface area (Å²) in [6, 6.07) is 6.46. The number of ether oxygens (including phenoxy) is 1. The molecule has 0 saturated carbocycles. The van der Waals surface area contributed by atoms with Gasteiger partial charge in [0.2, 0.25) is 0 Å². The Hall–Kier alpha value is -2.87. The van der Waals surface area contributed by atoms with Gasteiger partial charge in [-0.3, -0.25) is 14.3 Å². The zero-order valence-electron chi connectivity index (χ0n) is 20.6. The van der Waals surface area contributed by atoms with Crippen LogP contribution < -0.4 is 21.3 Å². The van der Waals surface area contributed by atoms with Gasteiger partial charge in [0, 0.05) is 36.3 Å². The maximum Gasteiger partial charge on any atom is 0.573 e. The zero-order valence-corrected chi connectivity index (χ0v) is 22.1. The van der Waals surface area contributed by atoms with Gasteiger partial charge in [-0.05, 0) is 49.4 Å². The van der Waals surface area contributed by atoms with Crippen molar-refractivity contribution in [2.45, 2.75) is 43.7 Å². The SMILES string of the molecule is CCS(=O)(=O)c1ccc(Cl)cc1Cn1c(=O)[nH]c2cc(CN3CCC(NC)C3)c(OC(F)(F)F)cc2c1=O. The molecule has 4 rings (SSSR count). The molecule has 0 amide bonds. The van der Waals surface area contributed by atoms with Gasteiger partial charge < -0.3 is 15.0 Å². The molecule has 0 aliphatic carbocycles. The summed E-state index contributed by atoms with van der Waals surface area (Å²) in [6.45, 7) is 2.36. The van der Waals surface area contributed by atoms with Gasteiger partial charge in [-0.15, -0.1) is 13.2 Å². The van der Waals surface area contributed by atoms with Crippen LogP contribution in [0.5, 0.6) is 5.75 Å². The molecule has 9 nitrogen and oxygen atoms in total. The Bertz CT molecular complexity index is 1590. The number of H-pyrrole nitrogens is 1. The third-order valence-corrected chi connectivity index (χ3v) is 8.59. The Kier molecular flexibility index (Phi) is 7.94. The Morgan fingerprint density at radius 2 is 1.89 bits per heavy atom. The Morgan fingerprint density at radius 1 is 1.16 bits per heavy atom. The second-order valence-corrected chi connectivity index (χ2v) is 11.7. The van der Waals surface area contributed by atoms with Gasteiger partial charge in [-0.2, -0.15) is 0 Å². The fraction of sp³-hybridized carbons (Fsp3) is 0.417. The summed E-state index contributed by atoms with van der Waals surface area (Å²) >= 11 is 6.04. The lowest BCUT2D eigenvalue weighted by molar-refractivity contribution is -0.274. The molecule has 2 aromatic carbocycles. The molecule has 38 heavy (non-hydrogen) atoms. The van der Waals surface area contributed by atoms with E-state index in [2.05, 4.69) is 15.0 Å². The standard InChI is InChI=1S/C24H26ClF3N4O5S/c1-3-38(35,36)21-5-4-16(25)8-15(21)12-32-22(33)18-10-20(37-24(26,27)28)14(9-19(18)30-23(32)34)11-31-7-6-17(13-31)29-2/h4-5,8-10,17,29H,3,6-7,11-13H2,1-2H3,(H,30,34). The first kappa shape index (κ1) is 28.1. The van der Waals surface area contributed by atoms with Gasteiger partial charge >= 0.3 is 12.1 Å². The number of fused-ring (bicyclic) bond motifs is 1. The molecule has 1 unspecified atom stereocenters. The Labute approximate surface area is 221 Å². The highest BCUT2D eigenvalue weighted by atomic mass is 35.5. The number of aromatic amines is 1. The normalized spacial score (nSPS) is 16.8. The summed E-state index contributed by atoms with van der Waals surface area (Å²) in [5.41, 5.74) is -1.46. The van der Waals surface area contributed by atoms with Crippen LogP contribution >= 0.6 is 11.6 Å². The largest absolute Gasteiger partial charge is 0.573 e. The Morgan fingerprint density at radius 3 is 2.53 bits per heavy atom. The molecular formula is C24H26ClF3N4O5S. The molecule has 2 heterocycles. The van der Waals surface area contributed by atoms with Gasteiger partial charge in [-0.25, -0.2) is 13.2 Å². The van der Waals surface area contributed by atoms with Crippen LogP contribution in [0.1, 0.15) is 24.5 Å². The minimum absolute atomic E-state index is 0.0395. The van der Waals surface area contributed by atoms with E-state index in [0.29, 0.717) is 13.1 Å². The quantitative estimate of drug-likeness (QED) is 0.425. The number of aromatic nitrogens is 2. The number of rotatable bonds is 8. The zero-order chi connectivity index (χ0) is 27.8. The molecule has 0 bridgehead atoms. The number of nitrogens with zero attached hydrogens (tertiary/aromatic N) is 2. The second kappa shape index (κ2) is 10.7. The lowest BCUT2D eigenvalue weighted by atomic mass is 10.1. The first-order valence-corrected chi connectivity index (χ1v) is 13.8. The molecule has 3 aromatic rings. The van der Waals surface area contributed by atoms with Crippen molar-refractivity contribution in [2.75, 3.05) is 25.9 Å². The summed E-state index contributed by atoms with van der Waals surface area (Å²) < 4.78 is 69.9. The third kappa shape index (κ3) is 6.06. The number of halogens is 4. The number of hydrogen-bond donors (Lipinski definition) is 2. The van der Waals surface area contributed by atoms with Crippen LogP contribution in [0.25, 0.3) is 10.9 Å². The number of alkyl halides is 3. The fourth-order valence-corrected chi connectivity index (χ4v) is 5.87. The molecule has 1 atom stereocenters. The van der Waals surface area contributed by atoms with Crippen molar-refractivity contribution >= 4 is 32.3 Å². The van der Waals surface area contributed by atoms with E-state index in [1.165, 1.54) is 31.2 Å². The minimum atomic E-state index is -5.01. The average molecular weight is 575 g/mol. The van der Waals surface area contributed by atoms with Gasteiger partial charge in [0.05, 0.1) is 28.1 Å². The third-order valence-electron chi connectivity index (χ3n) is 6.53. The van der Waals surface area contributed by atoms with Gasteiger partial charge in [0.25, 0.3) is 5.56 Å². The molecule has 1 saturated heterocycles. The Balaban J connectivity index is 1.82. The molecule has 1 aliphatic heterocycles. The van der Waals surface area contributed by atoms with Crippen molar-refractivity contribution in [3.05, 3.63) is 67.3 Å². The highest BCUT2D eigenvalue weighted by Gasteiger charge is 2.33. The summed E-state index contributed by atoms with van der Waals surface area (Å²) in [5, 5.41) is 3.10. The second-order valence-electron chi connectivity index (χ2n) is 9.04. The number of likely N-dealkylation sites (tertiary alicyclic amines) is 1. The molecule has 206 valence electrons. The summed E-state index contributed by atoms with van der Waals surface area (Å²) in [4.78, 5) is 30.6. The van der Waals surface area contributed by atoms with E-state index in [4.69, 9.17) is 11.6 Å². The summed E-state index contributed by atoms with van der Waals surface area (Å²) in [7, 11) is -1.92. The topological polar surface area (TPSA) is 114 Å². The maximum absolute atomic E-state index is 13.3. The molecule has 1 aromatic heterocycles. The molecule has 0 spiro atoms. The highest BCUT2D eigenvalue weighted by molar-refractivity contribution is 7.91. The van der Waals surface area contributed by atoms with Crippen molar-refractivity contribution < 1.29 is 26.3 Å². The van der Waals surface area contributed by atoms with Crippen LogP contribution in [0, 0.1) is 0 Å². The highest BCUT2D eigenvalue weighted by Crippen LogP contribution is 2.31.